The molecule has 2 N–H and O–H groups in total. The molecular formula is C14H13ClN2O2. The Labute approximate surface area is 115 Å². The fourth-order valence-electron chi connectivity index (χ4n) is 2.39. The van der Waals surface area contributed by atoms with Crippen LogP contribution < -0.4 is 10.6 Å². The molecule has 0 fully saturated rings. The van der Waals surface area contributed by atoms with Gasteiger partial charge in [0.05, 0.1) is 12.5 Å². The molecule has 1 aliphatic rings. The Morgan fingerprint density at radius 2 is 2.21 bits per heavy atom. The van der Waals surface area contributed by atoms with Crippen molar-refractivity contribution in [1.82, 2.24) is 5.32 Å². The molecule has 0 radical (unpaired) electrons. The third kappa shape index (κ3) is 2.25. The number of benzene rings is 1. The minimum atomic E-state index is -0.0755. The van der Waals surface area contributed by atoms with Gasteiger partial charge in [0.15, 0.2) is 5.22 Å². The summed E-state index contributed by atoms with van der Waals surface area (Å²) in [5.41, 5.74) is 2.95. The summed E-state index contributed by atoms with van der Waals surface area (Å²) in [7, 11) is 1.86. The van der Waals surface area contributed by atoms with Gasteiger partial charge in [0.2, 0.25) is 5.91 Å². The van der Waals surface area contributed by atoms with E-state index < -0.39 is 0 Å². The quantitative estimate of drug-likeness (QED) is 0.906. The highest BCUT2D eigenvalue weighted by Crippen LogP contribution is 2.30. The van der Waals surface area contributed by atoms with Crippen LogP contribution in [-0.2, 0) is 11.2 Å². The van der Waals surface area contributed by atoms with Crippen LogP contribution >= 0.6 is 11.6 Å². The molecule has 0 saturated heterocycles. The summed E-state index contributed by atoms with van der Waals surface area (Å²) in [4.78, 5) is 11.4. The summed E-state index contributed by atoms with van der Waals surface area (Å²) >= 11 is 5.81. The van der Waals surface area contributed by atoms with E-state index in [1.54, 1.807) is 6.07 Å². The van der Waals surface area contributed by atoms with Crippen LogP contribution in [0.25, 0.3) is 0 Å². The Balaban J connectivity index is 1.97. The monoisotopic (exact) mass is 276 g/mol. The minimum Gasteiger partial charge on any atom is -0.448 e. The van der Waals surface area contributed by atoms with Gasteiger partial charge in [-0.15, -0.1) is 0 Å². The van der Waals surface area contributed by atoms with Gasteiger partial charge >= 0.3 is 0 Å². The van der Waals surface area contributed by atoms with E-state index in [9.17, 15) is 4.79 Å². The Hall–Kier alpha value is -1.78. The largest absolute Gasteiger partial charge is 0.448 e. The zero-order chi connectivity index (χ0) is 13.4. The lowest BCUT2D eigenvalue weighted by Crippen LogP contribution is -2.17. The van der Waals surface area contributed by atoms with Crippen molar-refractivity contribution in [3.8, 4) is 0 Å². The van der Waals surface area contributed by atoms with Gasteiger partial charge in [-0.3, -0.25) is 4.79 Å². The standard InChI is InChI=1S/C14H13ClN2O2/c1-16-14(11-4-5-12(15)19-11)8-2-3-10-9(6-8)7-13(18)17-10/h2-6,14,16H,7H2,1H3,(H,17,18). The van der Waals surface area contributed by atoms with Crippen molar-refractivity contribution >= 4 is 23.2 Å². The number of carbonyl (C=O) groups is 1. The fourth-order valence-corrected chi connectivity index (χ4v) is 2.54. The smallest absolute Gasteiger partial charge is 0.228 e. The lowest BCUT2D eigenvalue weighted by Gasteiger charge is -2.15. The number of carbonyl (C=O) groups excluding carboxylic acids is 1. The lowest BCUT2D eigenvalue weighted by molar-refractivity contribution is -0.115. The summed E-state index contributed by atoms with van der Waals surface area (Å²) in [5, 5.41) is 6.38. The highest BCUT2D eigenvalue weighted by atomic mass is 35.5. The molecule has 0 bridgehead atoms. The first-order chi connectivity index (χ1) is 9.17. The van der Waals surface area contributed by atoms with E-state index in [4.69, 9.17) is 16.0 Å². The number of anilines is 1. The van der Waals surface area contributed by atoms with E-state index in [0.29, 0.717) is 11.6 Å². The molecule has 0 aliphatic carbocycles. The first kappa shape index (κ1) is 12.3. The molecule has 98 valence electrons. The Morgan fingerprint density at radius 3 is 2.89 bits per heavy atom. The Bertz CT molecular complexity index is 636. The van der Waals surface area contributed by atoms with Gasteiger partial charge in [0.25, 0.3) is 0 Å². The van der Waals surface area contributed by atoms with Gasteiger partial charge in [-0.25, -0.2) is 0 Å². The summed E-state index contributed by atoms with van der Waals surface area (Å²) in [5.74, 6) is 0.791. The third-order valence-corrected chi connectivity index (χ3v) is 3.46. The predicted molar refractivity (Wildman–Crippen MR) is 73.4 cm³/mol. The van der Waals surface area contributed by atoms with Crippen LogP contribution in [0.5, 0.6) is 0 Å². The molecule has 4 nitrogen and oxygen atoms in total. The first-order valence-electron chi connectivity index (χ1n) is 6.02. The van der Waals surface area contributed by atoms with Crippen molar-refractivity contribution in [3.05, 3.63) is 52.4 Å². The van der Waals surface area contributed by atoms with E-state index in [1.807, 2.05) is 31.3 Å². The fraction of sp³-hybridized carbons (Fsp3) is 0.214. The molecule has 1 aliphatic heterocycles. The maximum Gasteiger partial charge on any atom is 0.228 e. The third-order valence-electron chi connectivity index (χ3n) is 3.25. The van der Waals surface area contributed by atoms with Gasteiger partial charge in [-0.1, -0.05) is 12.1 Å². The number of amides is 1. The summed E-state index contributed by atoms with van der Waals surface area (Å²) < 4.78 is 5.45. The van der Waals surface area contributed by atoms with Crippen LogP contribution in [0.15, 0.2) is 34.7 Å². The number of hydrogen-bond donors (Lipinski definition) is 2. The van der Waals surface area contributed by atoms with Crippen molar-refractivity contribution < 1.29 is 9.21 Å². The molecule has 2 aromatic rings. The van der Waals surface area contributed by atoms with Gasteiger partial charge in [0.1, 0.15) is 5.76 Å². The number of hydrogen-bond acceptors (Lipinski definition) is 3. The molecule has 0 saturated carbocycles. The van der Waals surface area contributed by atoms with Crippen LogP contribution in [0.2, 0.25) is 5.22 Å². The zero-order valence-corrected chi connectivity index (χ0v) is 11.1. The Kier molecular flexibility index (Phi) is 3.05. The maximum atomic E-state index is 11.4. The molecule has 2 heterocycles. The highest BCUT2D eigenvalue weighted by molar-refractivity contribution is 6.28. The topological polar surface area (TPSA) is 54.3 Å². The molecular weight excluding hydrogens is 264 g/mol. The Morgan fingerprint density at radius 1 is 1.37 bits per heavy atom. The molecule has 3 rings (SSSR count). The number of furan rings is 1. The van der Waals surface area contributed by atoms with E-state index >= 15 is 0 Å². The zero-order valence-electron chi connectivity index (χ0n) is 10.4. The molecule has 1 atom stereocenters. The number of nitrogens with one attached hydrogen (secondary N) is 2. The van der Waals surface area contributed by atoms with Crippen LogP contribution in [0.3, 0.4) is 0 Å². The van der Waals surface area contributed by atoms with E-state index in [1.165, 1.54) is 0 Å². The molecule has 1 aromatic carbocycles. The van der Waals surface area contributed by atoms with Crippen LogP contribution in [0.4, 0.5) is 5.69 Å². The summed E-state index contributed by atoms with van der Waals surface area (Å²) in [6.07, 6.45) is 0.429. The highest BCUT2D eigenvalue weighted by Gasteiger charge is 2.21. The van der Waals surface area contributed by atoms with Crippen LogP contribution in [0.1, 0.15) is 22.9 Å². The minimum absolute atomic E-state index is 0.0363. The maximum absolute atomic E-state index is 11.4. The summed E-state index contributed by atoms with van der Waals surface area (Å²) in [6.45, 7) is 0. The second-order valence-electron chi connectivity index (χ2n) is 4.51. The van der Waals surface area contributed by atoms with Crippen LogP contribution in [-0.4, -0.2) is 13.0 Å². The molecule has 1 aromatic heterocycles. The van der Waals surface area contributed by atoms with Gasteiger partial charge in [-0.05, 0) is 48.0 Å². The molecule has 0 spiro atoms. The van der Waals surface area contributed by atoms with E-state index in [2.05, 4.69) is 10.6 Å². The second kappa shape index (κ2) is 4.72. The van der Waals surface area contributed by atoms with Crippen molar-refractivity contribution in [2.45, 2.75) is 12.5 Å². The van der Waals surface area contributed by atoms with Crippen molar-refractivity contribution in [2.24, 2.45) is 0 Å². The van der Waals surface area contributed by atoms with Gasteiger partial charge in [0, 0.05) is 5.69 Å². The van der Waals surface area contributed by atoms with E-state index in [-0.39, 0.29) is 11.9 Å². The molecule has 19 heavy (non-hydrogen) atoms. The molecule has 5 heteroatoms. The average molecular weight is 277 g/mol. The van der Waals surface area contributed by atoms with Gasteiger partial charge < -0.3 is 15.1 Å². The SMILES string of the molecule is CNC(c1ccc2c(c1)CC(=O)N2)c1ccc(Cl)o1. The molecule has 1 unspecified atom stereocenters. The average Bonchev–Trinajstić information content (AvgIpc) is 2.95. The van der Waals surface area contributed by atoms with Gasteiger partial charge in [-0.2, -0.15) is 0 Å². The van der Waals surface area contributed by atoms with Crippen molar-refractivity contribution in [3.63, 3.8) is 0 Å². The lowest BCUT2D eigenvalue weighted by atomic mass is 10.0. The van der Waals surface area contributed by atoms with Crippen molar-refractivity contribution in [2.75, 3.05) is 12.4 Å². The second-order valence-corrected chi connectivity index (χ2v) is 4.88. The van der Waals surface area contributed by atoms with Crippen molar-refractivity contribution in [1.29, 1.82) is 0 Å². The predicted octanol–water partition coefficient (Wildman–Crippen LogP) is 2.74. The number of fused-ring (bicyclic) bond motifs is 1. The number of halogens is 1. The number of rotatable bonds is 3. The normalized spacial score (nSPS) is 15.2. The van der Waals surface area contributed by atoms with Crippen LogP contribution in [0, 0.1) is 0 Å². The van der Waals surface area contributed by atoms with E-state index in [0.717, 1.165) is 22.6 Å². The first-order valence-corrected chi connectivity index (χ1v) is 6.40. The summed E-state index contributed by atoms with van der Waals surface area (Å²) in [6, 6.07) is 9.41. The molecule has 1 amide bonds.